The minimum Gasteiger partial charge on any atom is -0.483 e. The highest BCUT2D eigenvalue weighted by Gasteiger charge is 2.33. The van der Waals surface area contributed by atoms with E-state index < -0.39 is 0 Å². The number of para-hydroxylation sites is 1. The molecule has 2 aliphatic heterocycles. The predicted octanol–water partition coefficient (Wildman–Crippen LogP) is 2.40. The van der Waals surface area contributed by atoms with Crippen LogP contribution >= 0.6 is 0 Å². The molecule has 124 valence electrons. The average molecular weight is 314 g/mol. The Kier molecular flexibility index (Phi) is 5.01. The summed E-state index contributed by atoms with van der Waals surface area (Å²) in [6, 6.07) is 7.98. The van der Waals surface area contributed by atoms with E-state index in [2.05, 4.69) is 23.5 Å². The van der Waals surface area contributed by atoms with E-state index in [-0.39, 0.29) is 17.9 Å². The molecule has 0 saturated carbocycles. The van der Waals surface area contributed by atoms with Gasteiger partial charge in [-0.15, -0.1) is 0 Å². The zero-order valence-electron chi connectivity index (χ0n) is 13.9. The van der Waals surface area contributed by atoms with Gasteiger partial charge in [-0.2, -0.15) is 0 Å². The van der Waals surface area contributed by atoms with Crippen LogP contribution in [0.1, 0.15) is 24.8 Å². The summed E-state index contributed by atoms with van der Waals surface area (Å²) in [5, 5.41) is 3.43. The van der Waals surface area contributed by atoms with Crippen molar-refractivity contribution in [3.8, 4) is 5.75 Å². The van der Waals surface area contributed by atoms with Gasteiger partial charge in [-0.1, -0.05) is 30.4 Å². The topological polar surface area (TPSA) is 41.6 Å². The quantitative estimate of drug-likeness (QED) is 0.748. The first-order valence-electron chi connectivity index (χ1n) is 8.49. The van der Waals surface area contributed by atoms with E-state index in [9.17, 15) is 4.79 Å². The Bertz CT molecular complexity index is 576. The van der Waals surface area contributed by atoms with Gasteiger partial charge in [0.15, 0.2) is 6.61 Å². The molecule has 2 heterocycles. The molecule has 1 fully saturated rings. The first-order chi connectivity index (χ1) is 11.2. The van der Waals surface area contributed by atoms with Crippen LogP contribution in [-0.4, -0.2) is 44.1 Å². The van der Waals surface area contributed by atoms with Crippen LogP contribution in [0.15, 0.2) is 36.4 Å². The first-order valence-corrected chi connectivity index (χ1v) is 8.49. The summed E-state index contributed by atoms with van der Waals surface area (Å²) >= 11 is 0. The van der Waals surface area contributed by atoms with Gasteiger partial charge in [0.25, 0.3) is 5.91 Å². The molecule has 1 amide bonds. The van der Waals surface area contributed by atoms with Crippen LogP contribution in [0.2, 0.25) is 0 Å². The Balaban J connectivity index is 1.83. The maximum absolute atomic E-state index is 12.4. The molecule has 1 aromatic rings. The van der Waals surface area contributed by atoms with Gasteiger partial charge in [0.05, 0.1) is 0 Å². The number of nitrogens with one attached hydrogen (secondary N) is 1. The Labute approximate surface area is 138 Å². The zero-order valence-corrected chi connectivity index (χ0v) is 13.9. The number of rotatable bonds is 0. The lowest BCUT2D eigenvalue weighted by molar-refractivity contribution is -0.133. The minimum atomic E-state index is 0.0577. The highest BCUT2D eigenvalue weighted by molar-refractivity contribution is 5.77. The zero-order chi connectivity index (χ0) is 16.1. The lowest BCUT2D eigenvalue weighted by Crippen LogP contribution is -2.46. The number of likely N-dealkylation sites (N-methyl/N-ethyl adjacent to an activating group) is 1. The summed E-state index contributed by atoms with van der Waals surface area (Å²) in [5.41, 5.74) is 1.34. The normalized spacial score (nSPS) is 23.3. The lowest BCUT2D eigenvalue weighted by atomic mass is 9.75. The SMILES string of the molecule is CN1CC2(C/C=C/Cc3ccccc3OCC1=O)CCNCC2. The highest BCUT2D eigenvalue weighted by Crippen LogP contribution is 2.34. The van der Waals surface area contributed by atoms with Gasteiger partial charge in [0.2, 0.25) is 0 Å². The highest BCUT2D eigenvalue weighted by atomic mass is 16.5. The number of allylic oxidation sites excluding steroid dienone is 2. The summed E-state index contributed by atoms with van der Waals surface area (Å²) < 4.78 is 5.78. The van der Waals surface area contributed by atoms with E-state index in [0.717, 1.165) is 56.6 Å². The fraction of sp³-hybridized carbons (Fsp3) is 0.526. The summed E-state index contributed by atoms with van der Waals surface area (Å²) in [6.45, 7) is 3.00. The van der Waals surface area contributed by atoms with Gasteiger partial charge in [-0.05, 0) is 55.8 Å². The number of amides is 1. The third-order valence-electron chi connectivity index (χ3n) is 5.04. The van der Waals surface area contributed by atoms with E-state index in [4.69, 9.17) is 4.74 Å². The number of hydrogen-bond acceptors (Lipinski definition) is 3. The molecule has 1 N–H and O–H groups in total. The molecule has 2 aliphatic rings. The number of carbonyl (C=O) groups excluding carboxylic acids is 1. The summed E-state index contributed by atoms with van der Waals surface area (Å²) in [4.78, 5) is 14.3. The molecule has 1 spiro atoms. The Morgan fingerprint density at radius 2 is 1.96 bits per heavy atom. The molecule has 3 rings (SSSR count). The number of hydrogen-bond donors (Lipinski definition) is 1. The maximum Gasteiger partial charge on any atom is 0.260 e. The van der Waals surface area contributed by atoms with Crippen molar-refractivity contribution in [2.24, 2.45) is 5.41 Å². The summed E-state index contributed by atoms with van der Waals surface area (Å²) in [5.74, 6) is 0.873. The van der Waals surface area contributed by atoms with Crippen molar-refractivity contribution in [3.05, 3.63) is 42.0 Å². The average Bonchev–Trinajstić information content (AvgIpc) is 2.57. The summed E-state index contributed by atoms with van der Waals surface area (Å²) in [6.07, 6.45) is 8.67. The van der Waals surface area contributed by atoms with E-state index in [1.807, 2.05) is 30.1 Å². The van der Waals surface area contributed by atoms with E-state index in [0.29, 0.717) is 0 Å². The number of nitrogens with zero attached hydrogens (tertiary/aromatic N) is 1. The van der Waals surface area contributed by atoms with Crippen LogP contribution < -0.4 is 10.1 Å². The third kappa shape index (κ3) is 3.94. The third-order valence-corrected chi connectivity index (χ3v) is 5.04. The molecule has 1 saturated heterocycles. The van der Waals surface area contributed by atoms with Crippen molar-refractivity contribution in [2.45, 2.75) is 25.7 Å². The monoisotopic (exact) mass is 314 g/mol. The molecule has 23 heavy (non-hydrogen) atoms. The standard InChI is InChI=1S/C19H26N2O2/c1-21-15-19(10-12-20-13-11-19)9-5-4-7-16-6-2-3-8-17(16)23-14-18(21)22/h2-6,8,20H,7,9-15H2,1H3/b5-4+. The molecule has 0 bridgehead atoms. The molecule has 0 aromatic heterocycles. The van der Waals surface area contributed by atoms with Gasteiger partial charge in [-0.3, -0.25) is 4.79 Å². The maximum atomic E-state index is 12.4. The Morgan fingerprint density at radius 1 is 1.17 bits per heavy atom. The van der Waals surface area contributed by atoms with Gasteiger partial charge in [0.1, 0.15) is 5.75 Å². The van der Waals surface area contributed by atoms with Crippen LogP contribution in [0.25, 0.3) is 0 Å². The van der Waals surface area contributed by atoms with Crippen molar-refractivity contribution in [1.29, 1.82) is 0 Å². The van der Waals surface area contributed by atoms with E-state index >= 15 is 0 Å². The van der Waals surface area contributed by atoms with Crippen molar-refractivity contribution in [1.82, 2.24) is 10.2 Å². The van der Waals surface area contributed by atoms with Crippen LogP contribution in [0.4, 0.5) is 0 Å². The van der Waals surface area contributed by atoms with Crippen LogP contribution in [-0.2, 0) is 11.2 Å². The second kappa shape index (κ2) is 7.18. The number of carbonyl (C=O) groups is 1. The van der Waals surface area contributed by atoms with Gasteiger partial charge in [-0.25, -0.2) is 0 Å². The van der Waals surface area contributed by atoms with Gasteiger partial charge < -0.3 is 15.0 Å². The second-order valence-corrected chi connectivity index (χ2v) is 6.78. The van der Waals surface area contributed by atoms with E-state index in [1.165, 1.54) is 0 Å². The predicted molar refractivity (Wildman–Crippen MR) is 91.6 cm³/mol. The number of piperidine rings is 1. The molecule has 1 aromatic carbocycles. The molecular weight excluding hydrogens is 288 g/mol. The van der Waals surface area contributed by atoms with Gasteiger partial charge >= 0.3 is 0 Å². The van der Waals surface area contributed by atoms with Crippen LogP contribution in [0.5, 0.6) is 5.75 Å². The molecular formula is C19H26N2O2. The van der Waals surface area contributed by atoms with Crippen LogP contribution in [0.3, 0.4) is 0 Å². The van der Waals surface area contributed by atoms with Crippen molar-refractivity contribution in [3.63, 3.8) is 0 Å². The first kappa shape index (κ1) is 16.1. The van der Waals surface area contributed by atoms with Crippen molar-refractivity contribution >= 4 is 5.91 Å². The summed E-state index contributed by atoms with van der Waals surface area (Å²) in [7, 11) is 1.90. The minimum absolute atomic E-state index is 0.0577. The second-order valence-electron chi connectivity index (χ2n) is 6.78. The Morgan fingerprint density at radius 3 is 2.78 bits per heavy atom. The fourth-order valence-electron chi connectivity index (χ4n) is 3.58. The molecule has 4 heteroatoms. The molecule has 4 nitrogen and oxygen atoms in total. The smallest absolute Gasteiger partial charge is 0.260 e. The molecule has 0 radical (unpaired) electrons. The largest absolute Gasteiger partial charge is 0.483 e. The molecule has 0 unspecified atom stereocenters. The van der Waals surface area contributed by atoms with E-state index in [1.54, 1.807) is 0 Å². The molecule has 0 aliphatic carbocycles. The Hall–Kier alpha value is -1.81. The molecule has 0 atom stereocenters. The number of fused-ring (bicyclic) bond motifs is 1. The van der Waals surface area contributed by atoms with Gasteiger partial charge in [0, 0.05) is 13.6 Å². The number of ether oxygens (including phenoxy) is 1. The van der Waals surface area contributed by atoms with Crippen LogP contribution in [0, 0.1) is 5.41 Å². The van der Waals surface area contributed by atoms with Crippen molar-refractivity contribution in [2.75, 3.05) is 33.3 Å². The fourth-order valence-corrected chi connectivity index (χ4v) is 3.58. The lowest BCUT2D eigenvalue weighted by Gasteiger charge is -2.40. The number of benzene rings is 1. The van der Waals surface area contributed by atoms with Crippen molar-refractivity contribution < 1.29 is 9.53 Å².